The number of aryl methyl sites for hydroxylation is 1. The summed E-state index contributed by atoms with van der Waals surface area (Å²) in [4.78, 5) is 8.38. The van der Waals surface area contributed by atoms with E-state index in [-0.39, 0.29) is 5.84 Å². The van der Waals surface area contributed by atoms with Crippen molar-refractivity contribution in [2.75, 3.05) is 19.5 Å². The molecule has 0 amide bonds. The van der Waals surface area contributed by atoms with E-state index >= 15 is 0 Å². The fraction of sp³-hybridized carbons (Fsp3) is 0.444. The molecule has 1 aromatic heterocycles. The molecule has 6 heteroatoms. The number of nitrogen functional groups attached to an aromatic ring is 1. The van der Waals surface area contributed by atoms with Gasteiger partial charge in [0.1, 0.15) is 11.5 Å². The Hall–Kier alpha value is -1.14. The highest BCUT2D eigenvalue weighted by molar-refractivity contribution is 7.99. The highest BCUT2D eigenvalue weighted by Gasteiger charge is 2.04. The normalized spacial score (nSPS) is 10.3. The maximum atomic E-state index is 7.30. The first-order valence-electron chi connectivity index (χ1n) is 4.45. The maximum absolute atomic E-state index is 7.30. The van der Waals surface area contributed by atoms with Crippen molar-refractivity contribution in [3.05, 3.63) is 17.5 Å². The van der Waals surface area contributed by atoms with Crippen molar-refractivity contribution in [3.63, 3.8) is 0 Å². The molecule has 0 spiro atoms. The van der Waals surface area contributed by atoms with Crippen LogP contribution in [0.1, 0.15) is 11.4 Å². The van der Waals surface area contributed by atoms with Crippen molar-refractivity contribution in [3.8, 4) is 0 Å². The molecule has 0 aliphatic heterocycles. The van der Waals surface area contributed by atoms with Crippen molar-refractivity contribution in [1.82, 2.24) is 9.97 Å². The lowest BCUT2D eigenvalue weighted by Gasteiger charge is -2.03. The molecule has 1 heterocycles. The monoisotopic (exact) mass is 226 g/mol. The Balaban J connectivity index is 2.75. The van der Waals surface area contributed by atoms with E-state index in [4.69, 9.17) is 15.9 Å². The molecule has 0 aliphatic carbocycles. The van der Waals surface area contributed by atoms with E-state index in [1.807, 2.05) is 6.92 Å². The maximum Gasteiger partial charge on any atom is 0.188 e. The molecule has 15 heavy (non-hydrogen) atoms. The van der Waals surface area contributed by atoms with Gasteiger partial charge in [-0.2, -0.15) is 0 Å². The first-order valence-corrected chi connectivity index (χ1v) is 5.44. The van der Waals surface area contributed by atoms with E-state index in [0.717, 1.165) is 11.4 Å². The molecular formula is C9H14N4OS. The summed E-state index contributed by atoms with van der Waals surface area (Å²) >= 11 is 1.49. The van der Waals surface area contributed by atoms with Crippen molar-refractivity contribution < 1.29 is 4.74 Å². The third-order valence-electron chi connectivity index (χ3n) is 1.63. The molecule has 0 saturated heterocycles. The molecule has 0 unspecified atom stereocenters. The number of hydrogen-bond donors (Lipinski definition) is 2. The summed E-state index contributed by atoms with van der Waals surface area (Å²) in [6.45, 7) is 2.51. The highest BCUT2D eigenvalue weighted by atomic mass is 32.2. The summed E-state index contributed by atoms with van der Waals surface area (Å²) in [6, 6.07) is 1.70. The lowest BCUT2D eigenvalue weighted by molar-refractivity contribution is 0.218. The Morgan fingerprint density at radius 3 is 2.93 bits per heavy atom. The van der Waals surface area contributed by atoms with Gasteiger partial charge in [-0.15, -0.1) is 0 Å². The Morgan fingerprint density at radius 2 is 2.33 bits per heavy atom. The van der Waals surface area contributed by atoms with Gasteiger partial charge in [0, 0.05) is 18.6 Å². The molecule has 0 saturated carbocycles. The van der Waals surface area contributed by atoms with Crippen LogP contribution in [0, 0.1) is 12.3 Å². The summed E-state index contributed by atoms with van der Waals surface area (Å²) in [7, 11) is 1.65. The SMILES string of the molecule is COCCSc1nc(C)cc(C(=N)N)n1. The lowest BCUT2D eigenvalue weighted by atomic mass is 10.3. The molecule has 0 radical (unpaired) electrons. The number of nitrogens with one attached hydrogen (secondary N) is 1. The molecule has 0 aliphatic rings. The summed E-state index contributed by atoms with van der Waals surface area (Å²) in [6.07, 6.45) is 0. The second-order valence-corrected chi connectivity index (χ2v) is 3.99. The van der Waals surface area contributed by atoms with E-state index < -0.39 is 0 Å². The Bertz CT molecular complexity index is 356. The van der Waals surface area contributed by atoms with Crippen molar-refractivity contribution in [2.24, 2.45) is 5.73 Å². The van der Waals surface area contributed by atoms with Crippen LogP contribution >= 0.6 is 11.8 Å². The molecule has 1 rings (SSSR count). The zero-order chi connectivity index (χ0) is 11.3. The van der Waals surface area contributed by atoms with E-state index in [1.54, 1.807) is 13.2 Å². The van der Waals surface area contributed by atoms with Gasteiger partial charge in [-0.1, -0.05) is 11.8 Å². The van der Waals surface area contributed by atoms with Crippen LogP contribution in [0.3, 0.4) is 0 Å². The number of nitrogens with two attached hydrogens (primary N) is 1. The van der Waals surface area contributed by atoms with Gasteiger partial charge in [-0.25, -0.2) is 9.97 Å². The van der Waals surface area contributed by atoms with Crippen LogP contribution in [0.15, 0.2) is 11.2 Å². The van der Waals surface area contributed by atoms with E-state index in [0.29, 0.717) is 17.5 Å². The van der Waals surface area contributed by atoms with Gasteiger partial charge in [0.2, 0.25) is 0 Å². The van der Waals surface area contributed by atoms with Crippen LogP contribution in [-0.4, -0.2) is 35.3 Å². The smallest absolute Gasteiger partial charge is 0.188 e. The highest BCUT2D eigenvalue weighted by Crippen LogP contribution is 2.13. The number of rotatable bonds is 5. The number of hydrogen-bond acceptors (Lipinski definition) is 5. The Kier molecular flexibility index (Phi) is 4.51. The zero-order valence-corrected chi connectivity index (χ0v) is 9.60. The number of amidine groups is 1. The van der Waals surface area contributed by atoms with Crippen molar-refractivity contribution >= 4 is 17.6 Å². The largest absolute Gasteiger partial charge is 0.384 e. The van der Waals surface area contributed by atoms with Crippen LogP contribution in [0.5, 0.6) is 0 Å². The molecule has 82 valence electrons. The Labute approximate surface area is 93.0 Å². The van der Waals surface area contributed by atoms with E-state index in [2.05, 4.69) is 9.97 Å². The number of methoxy groups -OCH3 is 1. The third-order valence-corrected chi connectivity index (χ3v) is 2.44. The van der Waals surface area contributed by atoms with Crippen LogP contribution < -0.4 is 5.73 Å². The van der Waals surface area contributed by atoms with Gasteiger partial charge in [-0.05, 0) is 13.0 Å². The quantitative estimate of drug-likeness (QED) is 0.255. The number of nitrogens with zero attached hydrogens (tertiary/aromatic N) is 2. The molecule has 3 N–H and O–H groups in total. The standard InChI is InChI=1S/C9H14N4OS/c1-6-5-7(8(10)11)13-9(12-6)15-4-3-14-2/h5H,3-4H2,1-2H3,(H3,10,11). The first kappa shape index (κ1) is 11.9. The molecule has 0 aromatic carbocycles. The van der Waals surface area contributed by atoms with Gasteiger partial charge in [-0.3, -0.25) is 5.41 Å². The van der Waals surface area contributed by atoms with Crippen LogP contribution in [-0.2, 0) is 4.74 Å². The molecular weight excluding hydrogens is 212 g/mol. The van der Waals surface area contributed by atoms with Crippen molar-refractivity contribution in [1.29, 1.82) is 5.41 Å². The van der Waals surface area contributed by atoms with E-state index in [9.17, 15) is 0 Å². The fourth-order valence-corrected chi connectivity index (χ4v) is 1.76. The minimum atomic E-state index is -0.0332. The first-order chi connectivity index (χ1) is 7.13. The second-order valence-electron chi connectivity index (χ2n) is 2.93. The zero-order valence-electron chi connectivity index (χ0n) is 8.78. The van der Waals surface area contributed by atoms with Gasteiger partial charge in [0.15, 0.2) is 5.16 Å². The number of aromatic nitrogens is 2. The minimum Gasteiger partial charge on any atom is -0.384 e. The summed E-state index contributed by atoms with van der Waals surface area (Å²) < 4.78 is 4.93. The third kappa shape index (κ3) is 3.85. The summed E-state index contributed by atoms with van der Waals surface area (Å²) in [5, 5.41) is 7.93. The summed E-state index contributed by atoms with van der Waals surface area (Å²) in [5.41, 5.74) is 6.65. The van der Waals surface area contributed by atoms with Gasteiger partial charge < -0.3 is 10.5 Å². The molecule has 0 bridgehead atoms. The predicted molar refractivity (Wildman–Crippen MR) is 60.4 cm³/mol. The lowest BCUT2D eigenvalue weighted by Crippen LogP contribution is -2.14. The van der Waals surface area contributed by atoms with Crippen LogP contribution in [0.4, 0.5) is 0 Å². The fourth-order valence-electron chi connectivity index (χ4n) is 0.960. The Morgan fingerprint density at radius 1 is 1.60 bits per heavy atom. The number of thioether (sulfide) groups is 1. The summed E-state index contributed by atoms with van der Waals surface area (Å²) in [5.74, 6) is 0.756. The van der Waals surface area contributed by atoms with Gasteiger partial charge in [0.25, 0.3) is 0 Å². The molecule has 1 aromatic rings. The van der Waals surface area contributed by atoms with E-state index in [1.165, 1.54) is 11.8 Å². The predicted octanol–water partition coefficient (Wildman–Crippen LogP) is 0.808. The van der Waals surface area contributed by atoms with Crippen LogP contribution in [0.2, 0.25) is 0 Å². The van der Waals surface area contributed by atoms with Gasteiger partial charge >= 0.3 is 0 Å². The number of ether oxygens (including phenoxy) is 1. The minimum absolute atomic E-state index is 0.0332. The topological polar surface area (TPSA) is 84.9 Å². The molecule has 0 atom stereocenters. The average molecular weight is 226 g/mol. The second kappa shape index (κ2) is 5.67. The van der Waals surface area contributed by atoms with Crippen LogP contribution in [0.25, 0.3) is 0 Å². The molecule has 5 nitrogen and oxygen atoms in total. The van der Waals surface area contributed by atoms with Crippen molar-refractivity contribution in [2.45, 2.75) is 12.1 Å². The molecule has 0 fully saturated rings. The van der Waals surface area contributed by atoms with Gasteiger partial charge in [0.05, 0.1) is 6.61 Å². The average Bonchev–Trinajstić information content (AvgIpc) is 2.17.